The van der Waals surface area contributed by atoms with Crippen LogP contribution in [-0.4, -0.2) is 39.6 Å². The molecule has 6 nitrogen and oxygen atoms in total. The van der Waals surface area contributed by atoms with Crippen molar-refractivity contribution in [1.82, 2.24) is 0 Å². The maximum absolute atomic E-state index is 10.8. The molecule has 0 amide bonds. The van der Waals surface area contributed by atoms with Crippen LogP contribution in [0.3, 0.4) is 0 Å². The molecule has 2 rings (SSSR count). The van der Waals surface area contributed by atoms with E-state index in [1.54, 1.807) is 24.3 Å². The first-order valence-electron chi connectivity index (χ1n) is 6.63. The van der Waals surface area contributed by atoms with Gasteiger partial charge in [0.15, 0.2) is 5.78 Å². The van der Waals surface area contributed by atoms with Crippen LogP contribution >= 0.6 is 0 Å². The van der Waals surface area contributed by atoms with E-state index >= 15 is 0 Å². The number of hydrogen-bond acceptors (Lipinski definition) is 4. The van der Waals surface area contributed by atoms with E-state index in [-0.39, 0.29) is 22.5 Å². The number of carboxylic acid groups (broad SMARTS) is 2. The molecule has 0 radical (unpaired) electrons. The Labute approximate surface area is 132 Å². The largest absolute Gasteiger partial charge is 0.478 e. The standard InChI is InChI=1S/C9H8O4.C8H8O2/c1-5-6(8(10)11)3-2-4-7(5)9(12)13;9-6-8(10)7-4-2-1-3-5-7/h2-4H,1H3,(H,10,11)(H,12,13);1-5,9H,6H2. The Hall–Kier alpha value is -2.99. The molecule has 0 aliphatic carbocycles. The van der Waals surface area contributed by atoms with Gasteiger partial charge in [0.2, 0.25) is 0 Å². The van der Waals surface area contributed by atoms with Crippen molar-refractivity contribution in [2.45, 2.75) is 6.92 Å². The fourth-order valence-corrected chi connectivity index (χ4v) is 1.81. The molecule has 0 saturated heterocycles. The number of hydrogen-bond donors (Lipinski definition) is 3. The van der Waals surface area contributed by atoms with Gasteiger partial charge in [-0.2, -0.15) is 0 Å². The van der Waals surface area contributed by atoms with E-state index in [1.165, 1.54) is 25.1 Å². The summed E-state index contributed by atoms with van der Waals surface area (Å²) in [7, 11) is 0. The van der Waals surface area contributed by atoms with E-state index in [1.807, 2.05) is 6.07 Å². The molecule has 0 atom stereocenters. The molecule has 0 unspecified atom stereocenters. The molecule has 0 spiro atoms. The van der Waals surface area contributed by atoms with Crippen LogP contribution in [0, 0.1) is 6.92 Å². The zero-order valence-corrected chi connectivity index (χ0v) is 12.4. The third kappa shape index (κ3) is 5.05. The van der Waals surface area contributed by atoms with E-state index in [0.29, 0.717) is 5.56 Å². The molecule has 0 bridgehead atoms. The van der Waals surface area contributed by atoms with Gasteiger partial charge >= 0.3 is 11.9 Å². The number of carbonyl (C=O) groups excluding carboxylic acids is 1. The van der Waals surface area contributed by atoms with Gasteiger partial charge in [-0.3, -0.25) is 4.79 Å². The van der Waals surface area contributed by atoms with Crippen LogP contribution in [0.25, 0.3) is 0 Å². The molecule has 120 valence electrons. The lowest BCUT2D eigenvalue weighted by atomic mass is 10.0. The third-order valence-electron chi connectivity index (χ3n) is 3.03. The molecule has 3 N–H and O–H groups in total. The molecule has 0 heterocycles. The quantitative estimate of drug-likeness (QED) is 0.746. The van der Waals surface area contributed by atoms with Gasteiger partial charge in [-0.15, -0.1) is 0 Å². The van der Waals surface area contributed by atoms with Crippen LogP contribution < -0.4 is 0 Å². The Bertz CT molecular complexity index is 674. The highest BCUT2D eigenvalue weighted by Gasteiger charge is 2.13. The van der Waals surface area contributed by atoms with Crippen LogP contribution in [0.1, 0.15) is 36.6 Å². The molecule has 0 saturated carbocycles. The second-order valence-corrected chi connectivity index (χ2v) is 4.54. The highest BCUT2D eigenvalue weighted by Crippen LogP contribution is 2.13. The molecule has 2 aromatic carbocycles. The summed E-state index contributed by atoms with van der Waals surface area (Å²) < 4.78 is 0. The zero-order chi connectivity index (χ0) is 17.4. The summed E-state index contributed by atoms with van der Waals surface area (Å²) in [5.74, 6) is -2.46. The first kappa shape index (κ1) is 18.1. The number of Topliss-reactive ketones (excluding diaryl/α,β-unsaturated/α-hetero) is 1. The highest BCUT2D eigenvalue weighted by molar-refractivity contribution is 5.97. The van der Waals surface area contributed by atoms with Gasteiger partial charge in [-0.05, 0) is 24.6 Å². The Morgan fingerprint density at radius 1 is 0.826 bits per heavy atom. The van der Waals surface area contributed by atoms with Crippen LogP contribution in [0.2, 0.25) is 0 Å². The fourth-order valence-electron chi connectivity index (χ4n) is 1.81. The van der Waals surface area contributed by atoms with Crippen molar-refractivity contribution in [2.24, 2.45) is 0 Å². The zero-order valence-electron chi connectivity index (χ0n) is 12.4. The highest BCUT2D eigenvalue weighted by atomic mass is 16.4. The molecule has 6 heteroatoms. The normalized spacial score (nSPS) is 9.48. The SMILES string of the molecule is Cc1c(C(=O)O)cccc1C(=O)O.O=C(CO)c1ccccc1. The lowest BCUT2D eigenvalue weighted by Gasteiger charge is -2.03. The summed E-state index contributed by atoms with van der Waals surface area (Å²) in [4.78, 5) is 32.0. The smallest absolute Gasteiger partial charge is 0.335 e. The van der Waals surface area contributed by atoms with Gasteiger partial charge in [-0.25, -0.2) is 9.59 Å². The monoisotopic (exact) mass is 316 g/mol. The minimum absolute atomic E-state index is 0.0277. The van der Waals surface area contributed by atoms with Crippen molar-refractivity contribution >= 4 is 17.7 Å². The van der Waals surface area contributed by atoms with E-state index in [4.69, 9.17) is 15.3 Å². The average molecular weight is 316 g/mol. The number of ketones is 1. The van der Waals surface area contributed by atoms with Crippen molar-refractivity contribution in [3.63, 3.8) is 0 Å². The van der Waals surface area contributed by atoms with Gasteiger partial charge in [0.25, 0.3) is 0 Å². The summed E-state index contributed by atoms with van der Waals surface area (Å²) in [6.07, 6.45) is 0. The van der Waals surface area contributed by atoms with Crippen molar-refractivity contribution in [3.8, 4) is 0 Å². The van der Waals surface area contributed by atoms with Gasteiger partial charge in [0.05, 0.1) is 11.1 Å². The first-order chi connectivity index (χ1) is 10.9. The van der Waals surface area contributed by atoms with Crippen molar-refractivity contribution < 1.29 is 29.7 Å². The van der Waals surface area contributed by atoms with Crippen LogP contribution in [0.15, 0.2) is 48.5 Å². The Morgan fingerprint density at radius 2 is 1.30 bits per heavy atom. The van der Waals surface area contributed by atoms with Crippen LogP contribution in [0.4, 0.5) is 0 Å². The number of rotatable bonds is 4. The topological polar surface area (TPSA) is 112 Å². The maximum atomic E-state index is 10.8. The van der Waals surface area contributed by atoms with Crippen molar-refractivity contribution in [3.05, 3.63) is 70.8 Å². The maximum Gasteiger partial charge on any atom is 0.335 e. The molecule has 0 fully saturated rings. The molecule has 0 aromatic heterocycles. The fraction of sp³-hybridized carbons (Fsp3) is 0.118. The molecule has 23 heavy (non-hydrogen) atoms. The van der Waals surface area contributed by atoms with Crippen LogP contribution in [0.5, 0.6) is 0 Å². The Kier molecular flexibility index (Phi) is 6.64. The summed E-state index contributed by atoms with van der Waals surface area (Å²) in [6.45, 7) is 1.07. The molecular weight excluding hydrogens is 300 g/mol. The van der Waals surface area contributed by atoms with Crippen molar-refractivity contribution in [1.29, 1.82) is 0 Å². The predicted octanol–water partition coefficient (Wildman–Crippen LogP) is 2.25. The van der Waals surface area contributed by atoms with Gasteiger partial charge in [0, 0.05) is 5.56 Å². The van der Waals surface area contributed by atoms with Gasteiger partial charge in [0.1, 0.15) is 6.61 Å². The van der Waals surface area contributed by atoms with Crippen molar-refractivity contribution in [2.75, 3.05) is 6.61 Å². The molecule has 2 aromatic rings. The number of aromatic carboxylic acids is 2. The summed E-state index contributed by atoms with van der Waals surface area (Å²) in [6, 6.07) is 12.9. The second kappa shape index (κ2) is 8.45. The average Bonchev–Trinajstić information content (AvgIpc) is 2.55. The molecular formula is C17H16O6. The minimum Gasteiger partial charge on any atom is -0.478 e. The Balaban J connectivity index is 0.000000238. The van der Waals surface area contributed by atoms with E-state index < -0.39 is 18.5 Å². The lowest BCUT2D eigenvalue weighted by molar-refractivity contribution is 0.0695. The summed E-state index contributed by atoms with van der Waals surface area (Å²) >= 11 is 0. The molecule has 0 aliphatic rings. The van der Waals surface area contributed by atoms with E-state index in [2.05, 4.69) is 0 Å². The number of aliphatic hydroxyl groups is 1. The number of carboxylic acids is 2. The van der Waals surface area contributed by atoms with E-state index in [0.717, 1.165) is 0 Å². The predicted molar refractivity (Wildman–Crippen MR) is 83.0 cm³/mol. The number of benzene rings is 2. The van der Waals surface area contributed by atoms with Gasteiger partial charge < -0.3 is 15.3 Å². The number of carbonyl (C=O) groups is 3. The Morgan fingerprint density at radius 3 is 1.70 bits per heavy atom. The minimum atomic E-state index is -1.11. The summed E-state index contributed by atoms with van der Waals surface area (Å²) in [5.41, 5.74) is 0.896. The van der Waals surface area contributed by atoms with E-state index in [9.17, 15) is 14.4 Å². The summed E-state index contributed by atoms with van der Waals surface area (Å²) in [5, 5.41) is 25.8. The lowest BCUT2D eigenvalue weighted by Crippen LogP contribution is -2.06. The van der Waals surface area contributed by atoms with Gasteiger partial charge in [-0.1, -0.05) is 36.4 Å². The van der Waals surface area contributed by atoms with Crippen LogP contribution in [-0.2, 0) is 0 Å². The first-order valence-corrected chi connectivity index (χ1v) is 6.63. The molecule has 0 aliphatic heterocycles. The second-order valence-electron chi connectivity index (χ2n) is 4.54. The number of aliphatic hydroxyl groups excluding tert-OH is 1. The third-order valence-corrected chi connectivity index (χ3v) is 3.03.